The summed E-state index contributed by atoms with van der Waals surface area (Å²) in [5.41, 5.74) is 4.85. The molecular weight excluding hydrogens is 92.1 g/mol. The smallest absolute Gasteiger partial charge is 0.106 e. The maximum atomic E-state index is 4.85. The Hall–Kier alpha value is -0.570. The zero-order valence-electron chi connectivity index (χ0n) is 4.85. The van der Waals surface area contributed by atoms with E-state index in [2.05, 4.69) is 16.7 Å². The molecule has 0 fully saturated rings. The lowest BCUT2D eigenvalue weighted by Gasteiger charge is -1.71. The van der Waals surface area contributed by atoms with Gasteiger partial charge in [0.2, 0.25) is 0 Å². The summed E-state index contributed by atoms with van der Waals surface area (Å²) in [6, 6.07) is 0. The van der Waals surface area contributed by atoms with E-state index in [-0.39, 0.29) is 0 Å². The summed E-state index contributed by atoms with van der Waals surface area (Å²) in [7, 11) is 1.45. The van der Waals surface area contributed by atoms with Crippen LogP contribution in [0.3, 0.4) is 0 Å². The van der Waals surface area contributed by atoms with Crippen LogP contribution >= 0.6 is 0 Å². The molecule has 0 spiro atoms. The van der Waals surface area contributed by atoms with Crippen LogP contribution in [0.5, 0.6) is 0 Å². The Labute approximate surface area is 44.1 Å². The summed E-state index contributed by atoms with van der Waals surface area (Å²) >= 11 is 0. The maximum absolute atomic E-state index is 4.85. The Morgan fingerprint density at radius 1 is 1.86 bits per heavy atom. The lowest BCUT2D eigenvalue weighted by molar-refractivity contribution is 0.217. The molecule has 0 rings (SSSR count). The van der Waals surface area contributed by atoms with Gasteiger partial charge in [0.15, 0.2) is 0 Å². The molecular formula is C4H12N2O. The van der Waals surface area contributed by atoms with Crippen LogP contribution < -0.4 is 5.73 Å². The predicted molar refractivity (Wildman–Crippen MR) is 31.3 cm³/mol. The van der Waals surface area contributed by atoms with Crippen molar-refractivity contribution in [3.63, 3.8) is 0 Å². The van der Waals surface area contributed by atoms with E-state index in [1.54, 1.807) is 0 Å². The van der Waals surface area contributed by atoms with E-state index in [0.717, 1.165) is 6.54 Å². The molecule has 0 saturated heterocycles. The first kappa shape index (κ1) is 9.66. The zero-order valence-corrected chi connectivity index (χ0v) is 4.85. The molecule has 44 valence electrons. The van der Waals surface area contributed by atoms with E-state index in [9.17, 15) is 0 Å². The molecule has 0 heterocycles. The predicted octanol–water partition coefficient (Wildman–Crippen LogP) is 0.213. The van der Waals surface area contributed by atoms with E-state index in [1.807, 2.05) is 6.92 Å². The first-order chi connectivity index (χ1) is 3.33. The van der Waals surface area contributed by atoms with Gasteiger partial charge < -0.3 is 10.6 Å². The number of hydrogen-bond donors (Lipinski definition) is 1. The van der Waals surface area contributed by atoms with Gasteiger partial charge in [0.05, 0.1) is 0 Å². The van der Waals surface area contributed by atoms with Crippen LogP contribution in [0, 0.1) is 0 Å². The largest absolute Gasteiger partial charge is 0.400 e. The summed E-state index contributed by atoms with van der Waals surface area (Å²) in [6.07, 6.45) is 0. The fraction of sp³-hybridized carbons (Fsp3) is 0.750. The second-order valence-corrected chi connectivity index (χ2v) is 0.720. The third-order valence-electron chi connectivity index (χ3n) is 0.129. The van der Waals surface area contributed by atoms with E-state index in [4.69, 9.17) is 5.73 Å². The molecule has 0 bridgehead atoms. The van der Waals surface area contributed by atoms with Crippen molar-refractivity contribution in [3.05, 3.63) is 0 Å². The molecule has 0 amide bonds. The van der Waals surface area contributed by atoms with Crippen LogP contribution in [0.2, 0.25) is 0 Å². The van der Waals surface area contributed by atoms with Crippen molar-refractivity contribution in [2.45, 2.75) is 6.92 Å². The number of nitrogens with two attached hydrogens (primary N) is 1. The van der Waals surface area contributed by atoms with Gasteiger partial charge >= 0.3 is 0 Å². The molecule has 0 radical (unpaired) electrons. The van der Waals surface area contributed by atoms with Crippen molar-refractivity contribution in [2.75, 3.05) is 13.7 Å². The SMILES string of the molecule is C=NOC.CCN. The van der Waals surface area contributed by atoms with Crippen molar-refractivity contribution < 1.29 is 4.84 Å². The van der Waals surface area contributed by atoms with Crippen molar-refractivity contribution in [1.82, 2.24) is 0 Å². The van der Waals surface area contributed by atoms with E-state index >= 15 is 0 Å². The third kappa shape index (κ3) is 346. The van der Waals surface area contributed by atoms with Gasteiger partial charge in [-0.15, -0.1) is 5.16 Å². The minimum atomic E-state index is 0.750. The molecule has 0 saturated carbocycles. The standard InChI is InChI=1S/C2H5NO.C2H7N/c1-3-4-2;1-2-3/h1H2,2H3;2-3H2,1H3. The van der Waals surface area contributed by atoms with Crippen LogP contribution in [-0.2, 0) is 4.84 Å². The highest BCUT2D eigenvalue weighted by Gasteiger charge is 1.35. The fourth-order valence-corrected chi connectivity index (χ4v) is 0. The summed E-state index contributed by atoms with van der Waals surface area (Å²) in [4.78, 5) is 4.06. The van der Waals surface area contributed by atoms with Crippen LogP contribution in [0.15, 0.2) is 5.16 Å². The third-order valence-corrected chi connectivity index (χ3v) is 0.129. The van der Waals surface area contributed by atoms with E-state index < -0.39 is 0 Å². The molecule has 2 N–H and O–H groups in total. The number of rotatable bonds is 1. The maximum Gasteiger partial charge on any atom is 0.106 e. The van der Waals surface area contributed by atoms with Crippen LogP contribution in [0.25, 0.3) is 0 Å². The summed E-state index contributed by atoms with van der Waals surface area (Å²) in [6.45, 7) is 5.66. The zero-order chi connectivity index (χ0) is 6.12. The van der Waals surface area contributed by atoms with Gasteiger partial charge in [-0.05, 0) is 6.54 Å². The van der Waals surface area contributed by atoms with Crippen LogP contribution in [0.4, 0.5) is 0 Å². The number of oxime groups is 1. The van der Waals surface area contributed by atoms with Gasteiger partial charge in [-0.3, -0.25) is 0 Å². The topological polar surface area (TPSA) is 47.6 Å². The molecule has 3 heteroatoms. The van der Waals surface area contributed by atoms with Gasteiger partial charge in [0.25, 0.3) is 0 Å². The Morgan fingerprint density at radius 3 is 2.00 bits per heavy atom. The monoisotopic (exact) mass is 104 g/mol. The average molecular weight is 104 g/mol. The van der Waals surface area contributed by atoms with Crippen molar-refractivity contribution in [2.24, 2.45) is 10.9 Å². The Balaban J connectivity index is 0. The highest BCUT2D eigenvalue weighted by atomic mass is 16.6. The normalized spacial score (nSPS) is 5.57. The molecule has 3 nitrogen and oxygen atoms in total. The fourth-order valence-electron chi connectivity index (χ4n) is 0. The van der Waals surface area contributed by atoms with E-state index in [0.29, 0.717) is 0 Å². The second kappa shape index (κ2) is 18.0. The molecule has 0 aromatic rings. The first-order valence-corrected chi connectivity index (χ1v) is 2.02. The molecule has 0 atom stereocenters. The average Bonchev–Trinajstić information content (AvgIpc) is 1.69. The van der Waals surface area contributed by atoms with Crippen molar-refractivity contribution >= 4 is 6.72 Å². The van der Waals surface area contributed by atoms with Gasteiger partial charge in [0, 0.05) is 6.72 Å². The molecule has 0 aliphatic rings. The highest BCUT2D eigenvalue weighted by Crippen LogP contribution is 1.49. The van der Waals surface area contributed by atoms with Gasteiger partial charge in [-0.25, -0.2) is 0 Å². The lowest BCUT2D eigenvalue weighted by atomic mass is 10.8. The van der Waals surface area contributed by atoms with Crippen LogP contribution in [0.1, 0.15) is 6.92 Å². The minimum Gasteiger partial charge on any atom is -0.400 e. The second-order valence-electron chi connectivity index (χ2n) is 0.720. The Bertz CT molecular complexity index is 30.9. The van der Waals surface area contributed by atoms with Crippen molar-refractivity contribution in [3.8, 4) is 0 Å². The Kier molecular flexibility index (Phi) is 24.9. The van der Waals surface area contributed by atoms with Gasteiger partial charge in [0.1, 0.15) is 7.11 Å². The first-order valence-electron chi connectivity index (χ1n) is 2.02. The van der Waals surface area contributed by atoms with Gasteiger partial charge in [-0.2, -0.15) is 0 Å². The molecule has 0 aliphatic carbocycles. The molecule has 0 aliphatic heterocycles. The summed E-state index contributed by atoms with van der Waals surface area (Å²) < 4.78 is 0. The van der Waals surface area contributed by atoms with Crippen molar-refractivity contribution in [1.29, 1.82) is 0 Å². The highest BCUT2D eigenvalue weighted by molar-refractivity contribution is 5.21. The summed E-state index contributed by atoms with van der Waals surface area (Å²) in [5, 5.41) is 2.99. The summed E-state index contributed by atoms with van der Waals surface area (Å²) in [5.74, 6) is 0. The quantitative estimate of drug-likeness (QED) is 0.382. The molecule has 0 unspecified atom stereocenters. The molecule has 7 heavy (non-hydrogen) atoms. The lowest BCUT2D eigenvalue weighted by Crippen LogP contribution is -1.87. The van der Waals surface area contributed by atoms with Gasteiger partial charge in [-0.1, -0.05) is 6.92 Å². The number of hydrogen-bond acceptors (Lipinski definition) is 3. The van der Waals surface area contributed by atoms with Crippen LogP contribution in [-0.4, -0.2) is 20.4 Å². The van der Waals surface area contributed by atoms with E-state index in [1.165, 1.54) is 7.11 Å². The molecule has 0 aromatic carbocycles. The number of nitrogens with zero attached hydrogens (tertiary/aromatic N) is 1. The minimum absolute atomic E-state index is 0.750. The Morgan fingerprint density at radius 2 is 2.00 bits per heavy atom. The molecule has 0 aromatic heterocycles.